The van der Waals surface area contributed by atoms with Crippen molar-refractivity contribution in [2.75, 3.05) is 6.54 Å². The highest BCUT2D eigenvalue weighted by Gasteiger charge is 2.38. The third-order valence-electron chi connectivity index (χ3n) is 4.58. The molecular formula is C15H27NO3. The summed E-state index contributed by atoms with van der Waals surface area (Å²) in [6, 6.07) is 0. The van der Waals surface area contributed by atoms with E-state index in [0.29, 0.717) is 18.9 Å². The molecule has 0 spiro atoms. The summed E-state index contributed by atoms with van der Waals surface area (Å²) >= 11 is 0. The Kier molecular flexibility index (Phi) is 4.99. The fourth-order valence-corrected chi connectivity index (χ4v) is 2.66. The van der Waals surface area contributed by atoms with Crippen molar-refractivity contribution >= 4 is 11.9 Å². The highest BCUT2D eigenvalue weighted by atomic mass is 16.4. The minimum Gasteiger partial charge on any atom is -0.481 e. The summed E-state index contributed by atoms with van der Waals surface area (Å²) in [5.74, 6) is -0.308. The SMILES string of the molecule is CC(C)(CCNC(=O)C(C)(C)C1CCCC1)C(=O)O. The molecule has 0 heterocycles. The van der Waals surface area contributed by atoms with Crippen molar-refractivity contribution in [3.8, 4) is 0 Å². The van der Waals surface area contributed by atoms with Crippen molar-refractivity contribution in [2.24, 2.45) is 16.7 Å². The molecule has 0 saturated heterocycles. The molecule has 0 atom stereocenters. The molecule has 1 aliphatic rings. The molecule has 0 aromatic rings. The van der Waals surface area contributed by atoms with E-state index in [4.69, 9.17) is 5.11 Å². The monoisotopic (exact) mass is 269 g/mol. The van der Waals surface area contributed by atoms with E-state index in [1.54, 1.807) is 13.8 Å². The van der Waals surface area contributed by atoms with Crippen LogP contribution in [0.2, 0.25) is 0 Å². The standard InChI is InChI=1S/C15H27NO3/c1-14(2,13(18)19)9-10-16-12(17)15(3,4)11-7-5-6-8-11/h11H,5-10H2,1-4H3,(H,16,17)(H,18,19). The maximum absolute atomic E-state index is 12.2. The van der Waals surface area contributed by atoms with Crippen LogP contribution in [0.4, 0.5) is 0 Å². The van der Waals surface area contributed by atoms with Gasteiger partial charge >= 0.3 is 5.97 Å². The molecule has 19 heavy (non-hydrogen) atoms. The number of rotatable bonds is 6. The van der Waals surface area contributed by atoms with Crippen molar-refractivity contribution in [3.63, 3.8) is 0 Å². The second-order valence-electron chi connectivity index (χ2n) is 6.90. The molecule has 0 aromatic heterocycles. The van der Waals surface area contributed by atoms with Gasteiger partial charge in [-0.2, -0.15) is 0 Å². The Morgan fingerprint density at radius 1 is 1.16 bits per heavy atom. The lowest BCUT2D eigenvalue weighted by Gasteiger charge is -2.30. The largest absolute Gasteiger partial charge is 0.481 e. The van der Waals surface area contributed by atoms with E-state index in [0.717, 1.165) is 12.8 Å². The van der Waals surface area contributed by atoms with Gasteiger partial charge in [0.15, 0.2) is 0 Å². The van der Waals surface area contributed by atoms with Crippen LogP contribution in [-0.2, 0) is 9.59 Å². The number of carboxylic acids is 1. The van der Waals surface area contributed by atoms with Crippen LogP contribution in [0.15, 0.2) is 0 Å². The van der Waals surface area contributed by atoms with E-state index in [1.807, 2.05) is 13.8 Å². The second-order valence-corrected chi connectivity index (χ2v) is 6.90. The summed E-state index contributed by atoms with van der Waals surface area (Å²) in [5, 5.41) is 11.9. The number of amides is 1. The Balaban J connectivity index is 2.44. The molecular weight excluding hydrogens is 242 g/mol. The smallest absolute Gasteiger partial charge is 0.309 e. The fraction of sp³-hybridized carbons (Fsp3) is 0.867. The van der Waals surface area contributed by atoms with Gasteiger partial charge in [-0.1, -0.05) is 26.7 Å². The van der Waals surface area contributed by atoms with E-state index in [1.165, 1.54) is 12.8 Å². The lowest BCUT2D eigenvalue weighted by Crippen LogP contribution is -2.42. The van der Waals surface area contributed by atoms with Gasteiger partial charge in [-0.25, -0.2) is 0 Å². The second kappa shape index (κ2) is 5.93. The van der Waals surface area contributed by atoms with Gasteiger partial charge in [0.2, 0.25) is 5.91 Å². The lowest BCUT2D eigenvalue weighted by atomic mass is 9.77. The summed E-state index contributed by atoms with van der Waals surface area (Å²) in [6.45, 7) is 7.79. The molecule has 0 radical (unpaired) electrons. The normalized spacial score (nSPS) is 17.5. The van der Waals surface area contributed by atoms with E-state index in [-0.39, 0.29) is 11.3 Å². The molecule has 1 amide bonds. The number of nitrogens with one attached hydrogen (secondary N) is 1. The van der Waals surface area contributed by atoms with Crippen molar-refractivity contribution in [1.82, 2.24) is 5.32 Å². The van der Waals surface area contributed by atoms with Gasteiger partial charge in [0.1, 0.15) is 0 Å². The molecule has 2 N–H and O–H groups in total. The van der Waals surface area contributed by atoms with Crippen LogP contribution in [0.25, 0.3) is 0 Å². The highest BCUT2D eigenvalue weighted by molar-refractivity contribution is 5.82. The van der Waals surface area contributed by atoms with Gasteiger partial charge in [-0.3, -0.25) is 9.59 Å². The van der Waals surface area contributed by atoms with Gasteiger partial charge in [0.05, 0.1) is 5.41 Å². The number of carboxylic acid groups (broad SMARTS) is 1. The van der Waals surface area contributed by atoms with Crippen LogP contribution < -0.4 is 5.32 Å². The highest BCUT2D eigenvalue weighted by Crippen LogP contribution is 2.39. The molecule has 0 aromatic carbocycles. The first-order chi connectivity index (χ1) is 8.68. The lowest BCUT2D eigenvalue weighted by molar-refractivity contribution is -0.147. The Labute approximate surface area is 116 Å². The number of hydrogen-bond donors (Lipinski definition) is 2. The first-order valence-corrected chi connectivity index (χ1v) is 7.19. The van der Waals surface area contributed by atoms with Crippen LogP contribution in [0.5, 0.6) is 0 Å². The Hall–Kier alpha value is -1.06. The molecule has 4 nitrogen and oxygen atoms in total. The van der Waals surface area contributed by atoms with Crippen LogP contribution in [-0.4, -0.2) is 23.5 Å². The van der Waals surface area contributed by atoms with E-state index in [9.17, 15) is 9.59 Å². The average Bonchev–Trinajstić information content (AvgIpc) is 2.82. The zero-order valence-electron chi connectivity index (χ0n) is 12.6. The van der Waals surface area contributed by atoms with Crippen LogP contribution in [0, 0.1) is 16.7 Å². The zero-order valence-corrected chi connectivity index (χ0v) is 12.6. The topological polar surface area (TPSA) is 66.4 Å². The third-order valence-corrected chi connectivity index (χ3v) is 4.58. The quantitative estimate of drug-likeness (QED) is 0.779. The molecule has 1 rings (SSSR count). The summed E-state index contributed by atoms with van der Waals surface area (Å²) in [7, 11) is 0. The minimum absolute atomic E-state index is 0.0561. The van der Waals surface area contributed by atoms with Crippen LogP contribution in [0.1, 0.15) is 59.8 Å². The van der Waals surface area contributed by atoms with Crippen molar-refractivity contribution in [2.45, 2.75) is 59.8 Å². The van der Waals surface area contributed by atoms with Crippen molar-refractivity contribution in [1.29, 1.82) is 0 Å². The zero-order chi connectivity index (χ0) is 14.7. The number of aliphatic carboxylic acids is 1. The molecule has 110 valence electrons. The fourth-order valence-electron chi connectivity index (χ4n) is 2.66. The van der Waals surface area contributed by atoms with E-state index >= 15 is 0 Å². The number of hydrogen-bond acceptors (Lipinski definition) is 2. The molecule has 0 unspecified atom stereocenters. The summed E-state index contributed by atoms with van der Waals surface area (Å²) in [4.78, 5) is 23.2. The van der Waals surface area contributed by atoms with Gasteiger partial charge in [-0.05, 0) is 39.0 Å². The Morgan fingerprint density at radius 2 is 1.68 bits per heavy atom. The molecule has 0 bridgehead atoms. The first-order valence-electron chi connectivity index (χ1n) is 7.19. The Morgan fingerprint density at radius 3 is 2.16 bits per heavy atom. The number of carbonyl (C=O) groups excluding carboxylic acids is 1. The summed E-state index contributed by atoms with van der Waals surface area (Å²) < 4.78 is 0. The first kappa shape index (κ1) is 16.0. The summed E-state index contributed by atoms with van der Waals surface area (Å²) in [6.07, 6.45) is 5.14. The predicted molar refractivity (Wildman–Crippen MR) is 74.8 cm³/mol. The number of carbonyl (C=O) groups is 2. The van der Waals surface area contributed by atoms with Gasteiger partial charge in [-0.15, -0.1) is 0 Å². The molecule has 0 aliphatic heterocycles. The van der Waals surface area contributed by atoms with Crippen molar-refractivity contribution < 1.29 is 14.7 Å². The van der Waals surface area contributed by atoms with Gasteiger partial charge in [0, 0.05) is 12.0 Å². The van der Waals surface area contributed by atoms with Gasteiger partial charge < -0.3 is 10.4 Å². The van der Waals surface area contributed by atoms with E-state index in [2.05, 4.69) is 5.32 Å². The molecule has 1 saturated carbocycles. The van der Waals surface area contributed by atoms with Crippen LogP contribution in [0.3, 0.4) is 0 Å². The maximum Gasteiger partial charge on any atom is 0.309 e. The molecule has 1 aliphatic carbocycles. The predicted octanol–water partition coefficient (Wildman–Crippen LogP) is 2.82. The summed E-state index contributed by atoms with van der Waals surface area (Å²) in [5.41, 5.74) is -1.13. The molecule has 1 fully saturated rings. The maximum atomic E-state index is 12.2. The van der Waals surface area contributed by atoms with Crippen molar-refractivity contribution in [3.05, 3.63) is 0 Å². The van der Waals surface area contributed by atoms with Gasteiger partial charge in [0.25, 0.3) is 0 Å². The van der Waals surface area contributed by atoms with Crippen LogP contribution >= 0.6 is 0 Å². The minimum atomic E-state index is -0.822. The molecule has 4 heteroatoms. The average molecular weight is 269 g/mol. The van der Waals surface area contributed by atoms with E-state index < -0.39 is 11.4 Å². The third kappa shape index (κ3) is 3.95. The Bertz CT molecular complexity index is 341.